The second kappa shape index (κ2) is 4.30. The number of alkyl halides is 3. The Morgan fingerprint density at radius 1 is 1.25 bits per heavy atom. The number of halogens is 4. The summed E-state index contributed by atoms with van der Waals surface area (Å²) in [7, 11) is 0. The Kier molecular flexibility index (Phi) is 4.30. The molecule has 0 aromatic heterocycles. The van der Waals surface area contributed by atoms with Crippen molar-refractivity contribution in [3.05, 3.63) is 0 Å². The van der Waals surface area contributed by atoms with Gasteiger partial charge in [-0.25, -0.2) is 0 Å². The van der Waals surface area contributed by atoms with E-state index in [2.05, 4.69) is 4.74 Å². The summed E-state index contributed by atoms with van der Waals surface area (Å²) in [6.45, 7) is 0. The van der Waals surface area contributed by atoms with Crippen LogP contribution in [0.25, 0.3) is 0 Å². The molecule has 0 radical (unpaired) electrons. The first kappa shape index (κ1) is 12.0. The van der Waals surface area contributed by atoms with Crippen LogP contribution in [0.5, 0.6) is 0 Å². The van der Waals surface area contributed by atoms with E-state index in [0.717, 1.165) is 0 Å². The molecule has 74 valence electrons. The van der Waals surface area contributed by atoms with Gasteiger partial charge in [-0.3, -0.25) is 4.74 Å². The largest absolute Gasteiger partial charge is 0.522 e. The third-order valence-electron chi connectivity index (χ3n) is 1.73. The zero-order valence-corrected chi connectivity index (χ0v) is 7.12. The molecule has 0 saturated heterocycles. The van der Waals surface area contributed by atoms with E-state index in [1.54, 1.807) is 0 Å². The number of ether oxygens (including phenoxy) is 1. The van der Waals surface area contributed by atoms with Gasteiger partial charge in [-0.15, -0.1) is 25.6 Å². The Morgan fingerprint density at radius 3 is 2.17 bits per heavy atom. The fourth-order valence-corrected chi connectivity index (χ4v) is 1.27. The molecule has 0 aromatic rings. The Bertz CT molecular complexity index is 141. The zero-order chi connectivity index (χ0) is 8.48. The first-order valence-electron chi connectivity index (χ1n) is 3.47. The highest BCUT2D eigenvalue weighted by Gasteiger charge is 2.36. The fraction of sp³-hybridized carbons (Fsp3) is 1.00. The van der Waals surface area contributed by atoms with E-state index in [0.29, 0.717) is 19.3 Å². The molecule has 12 heavy (non-hydrogen) atoms. The van der Waals surface area contributed by atoms with Crippen molar-refractivity contribution in [2.24, 2.45) is 5.73 Å². The SMILES string of the molecule is Cl.N[C@H]1CC[C@@H](OC(F)(F)F)C1. The van der Waals surface area contributed by atoms with Gasteiger partial charge in [0.1, 0.15) is 0 Å². The van der Waals surface area contributed by atoms with Crippen LogP contribution in [0.2, 0.25) is 0 Å². The summed E-state index contributed by atoms with van der Waals surface area (Å²) in [6.07, 6.45) is -3.86. The van der Waals surface area contributed by atoms with Gasteiger partial charge in [0.25, 0.3) is 0 Å². The number of hydrogen-bond acceptors (Lipinski definition) is 2. The molecule has 1 rings (SSSR count). The smallest absolute Gasteiger partial charge is 0.328 e. The summed E-state index contributed by atoms with van der Waals surface area (Å²) >= 11 is 0. The molecule has 0 aromatic carbocycles. The highest BCUT2D eigenvalue weighted by Crippen LogP contribution is 2.27. The summed E-state index contributed by atoms with van der Waals surface area (Å²) < 4.78 is 38.5. The molecule has 0 unspecified atom stereocenters. The lowest BCUT2D eigenvalue weighted by atomic mass is 10.3. The van der Waals surface area contributed by atoms with Crippen molar-refractivity contribution in [1.29, 1.82) is 0 Å². The Morgan fingerprint density at radius 2 is 1.83 bits per heavy atom. The minimum atomic E-state index is -4.51. The van der Waals surface area contributed by atoms with Crippen molar-refractivity contribution >= 4 is 12.4 Å². The number of nitrogens with two attached hydrogens (primary N) is 1. The van der Waals surface area contributed by atoms with Crippen LogP contribution >= 0.6 is 12.4 Å². The van der Waals surface area contributed by atoms with Crippen molar-refractivity contribution in [2.45, 2.75) is 37.8 Å². The molecule has 2 N–H and O–H groups in total. The molecule has 1 fully saturated rings. The van der Waals surface area contributed by atoms with Crippen LogP contribution in [-0.4, -0.2) is 18.5 Å². The Hall–Kier alpha value is -0.0000000000000000555. The second-order valence-corrected chi connectivity index (χ2v) is 2.76. The van der Waals surface area contributed by atoms with Crippen LogP contribution in [0, 0.1) is 0 Å². The van der Waals surface area contributed by atoms with Crippen molar-refractivity contribution in [3.63, 3.8) is 0 Å². The maximum Gasteiger partial charge on any atom is 0.522 e. The summed E-state index contributed by atoms with van der Waals surface area (Å²) in [5.74, 6) is 0. The van der Waals surface area contributed by atoms with Crippen molar-refractivity contribution in [1.82, 2.24) is 0 Å². The molecule has 2 atom stereocenters. The normalized spacial score (nSPS) is 30.0. The van der Waals surface area contributed by atoms with Crippen LogP contribution in [0.15, 0.2) is 0 Å². The first-order chi connectivity index (χ1) is 4.97. The van der Waals surface area contributed by atoms with E-state index < -0.39 is 12.5 Å². The Balaban J connectivity index is 0.00000121. The highest BCUT2D eigenvalue weighted by atomic mass is 35.5. The standard InChI is InChI=1S/C6H10F3NO.ClH/c7-6(8,9)11-5-2-1-4(10)3-5;/h4-5H,1-3,10H2;1H/t4-,5+;/m0./s1. The molecular formula is C6H11ClF3NO. The van der Waals surface area contributed by atoms with Crippen molar-refractivity contribution < 1.29 is 17.9 Å². The number of rotatable bonds is 1. The van der Waals surface area contributed by atoms with Crippen LogP contribution in [0.1, 0.15) is 19.3 Å². The summed E-state index contributed by atoms with van der Waals surface area (Å²) in [4.78, 5) is 0. The van der Waals surface area contributed by atoms with E-state index in [4.69, 9.17) is 5.73 Å². The topological polar surface area (TPSA) is 35.2 Å². The molecular weight excluding hydrogens is 195 g/mol. The molecule has 0 heterocycles. The molecule has 0 bridgehead atoms. The minimum Gasteiger partial charge on any atom is -0.328 e. The minimum absolute atomic E-state index is 0. The van der Waals surface area contributed by atoms with Gasteiger partial charge < -0.3 is 5.73 Å². The Labute approximate surface area is 74.7 Å². The quantitative estimate of drug-likeness (QED) is 0.709. The van der Waals surface area contributed by atoms with E-state index in [-0.39, 0.29) is 18.4 Å². The maximum absolute atomic E-state index is 11.6. The van der Waals surface area contributed by atoms with Crippen molar-refractivity contribution in [2.75, 3.05) is 0 Å². The van der Waals surface area contributed by atoms with Crippen LogP contribution < -0.4 is 5.73 Å². The van der Waals surface area contributed by atoms with Crippen molar-refractivity contribution in [3.8, 4) is 0 Å². The van der Waals surface area contributed by atoms with Gasteiger partial charge in [0, 0.05) is 6.04 Å². The van der Waals surface area contributed by atoms with E-state index >= 15 is 0 Å². The first-order valence-corrected chi connectivity index (χ1v) is 3.47. The second-order valence-electron chi connectivity index (χ2n) is 2.76. The van der Waals surface area contributed by atoms with E-state index in [1.807, 2.05) is 0 Å². The highest BCUT2D eigenvalue weighted by molar-refractivity contribution is 5.85. The lowest BCUT2D eigenvalue weighted by Gasteiger charge is -2.13. The average Bonchev–Trinajstić information content (AvgIpc) is 2.10. The molecule has 2 nitrogen and oxygen atoms in total. The monoisotopic (exact) mass is 205 g/mol. The molecule has 0 aliphatic heterocycles. The summed E-state index contributed by atoms with van der Waals surface area (Å²) in [5, 5.41) is 0. The van der Waals surface area contributed by atoms with Crippen LogP contribution in [-0.2, 0) is 4.74 Å². The average molecular weight is 206 g/mol. The van der Waals surface area contributed by atoms with Crippen LogP contribution in [0.4, 0.5) is 13.2 Å². The van der Waals surface area contributed by atoms with Gasteiger partial charge in [-0.2, -0.15) is 0 Å². The van der Waals surface area contributed by atoms with E-state index in [9.17, 15) is 13.2 Å². The summed E-state index contributed by atoms with van der Waals surface area (Å²) in [5.41, 5.74) is 5.40. The molecule has 1 aliphatic carbocycles. The number of hydrogen-bond donors (Lipinski definition) is 1. The lowest BCUT2D eigenvalue weighted by Crippen LogP contribution is -2.23. The molecule has 1 aliphatic rings. The van der Waals surface area contributed by atoms with Gasteiger partial charge in [0.2, 0.25) is 0 Å². The fourth-order valence-electron chi connectivity index (χ4n) is 1.27. The maximum atomic E-state index is 11.6. The van der Waals surface area contributed by atoms with Gasteiger partial charge in [-0.1, -0.05) is 0 Å². The molecule has 0 spiro atoms. The van der Waals surface area contributed by atoms with Gasteiger partial charge in [-0.05, 0) is 19.3 Å². The van der Waals surface area contributed by atoms with Gasteiger partial charge in [0.05, 0.1) is 6.10 Å². The predicted octanol–water partition coefficient (Wildman–Crippen LogP) is 1.82. The molecule has 0 amide bonds. The molecule has 1 saturated carbocycles. The predicted molar refractivity (Wildman–Crippen MR) is 40.0 cm³/mol. The van der Waals surface area contributed by atoms with Gasteiger partial charge >= 0.3 is 6.36 Å². The lowest BCUT2D eigenvalue weighted by molar-refractivity contribution is -0.341. The summed E-state index contributed by atoms with van der Waals surface area (Å²) in [6, 6.07) is -0.123. The molecule has 6 heteroatoms. The van der Waals surface area contributed by atoms with Gasteiger partial charge in [0.15, 0.2) is 0 Å². The van der Waals surface area contributed by atoms with E-state index in [1.165, 1.54) is 0 Å². The third kappa shape index (κ3) is 4.13. The van der Waals surface area contributed by atoms with Crippen LogP contribution in [0.3, 0.4) is 0 Å². The zero-order valence-electron chi connectivity index (χ0n) is 6.30. The third-order valence-corrected chi connectivity index (χ3v) is 1.73.